The molecule has 1 N–H and O–H groups in total. The summed E-state index contributed by atoms with van der Waals surface area (Å²) in [6.07, 6.45) is 3.64. The Kier molecular flexibility index (Phi) is 7.82. The molecule has 1 aromatic carbocycles. The fourth-order valence-corrected chi connectivity index (χ4v) is 3.81. The molecule has 32 heavy (non-hydrogen) atoms. The summed E-state index contributed by atoms with van der Waals surface area (Å²) in [5, 5.41) is 9.17. The van der Waals surface area contributed by atoms with E-state index in [1.165, 1.54) is 30.5 Å². The number of hydrogen-bond acceptors (Lipinski definition) is 5. The van der Waals surface area contributed by atoms with E-state index in [-0.39, 0.29) is 36.3 Å². The first-order valence-corrected chi connectivity index (χ1v) is 10.6. The van der Waals surface area contributed by atoms with E-state index in [0.717, 1.165) is 11.6 Å². The van der Waals surface area contributed by atoms with Crippen LogP contribution in [-0.2, 0) is 16.1 Å². The molecule has 1 fully saturated rings. The molecule has 3 rings (SSSR count). The van der Waals surface area contributed by atoms with Gasteiger partial charge in [-0.25, -0.2) is 14.2 Å². The smallest absolute Gasteiger partial charge is 0.328 e. The number of amides is 1. The number of carbonyl (C=O) groups is 2. The molecule has 0 aliphatic carbocycles. The molecule has 0 bridgehead atoms. The minimum atomic E-state index is -1.12. The van der Waals surface area contributed by atoms with Crippen LogP contribution in [0.3, 0.4) is 0 Å². The van der Waals surface area contributed by atoms with Gasteiger partial charge in [0.1, 0.15) is 5.82 Å². The molecule has 2 heterocycles. The summed E-state index contributed by atoms with van der Waals surface area (Å²) in [5.41, 5.74) is 1.39. The van der Waals surface area contributed by atoms with E-state index in [2.05, 4.69) is 9.88 Å². The van der Waals surface area contributed by atoms with Crippen LogP contribution >= 0.6 is 11.6 Å². The van der Waals surface area contributed by atoms with Crippen molar-refractivity contribution in [1.82, 2.24) is 14.8 Å². The van der Waals surface area contributed by atoms with E-state index in [1.54, 1.807) is 17.0 Å². The highest BCUT2D eigenvalue weighted by Gasteiger charge is 2.32. The molecule has 2 atom stereocenters. The lowest BCUT2D eigenvalue weighted by Crippen LogP contribution is -2.58. The maximum atomic E-state index is 13.2. The second kappa shape index (κ2) is 10.6. The van der Waals surface area contributed by atoms with Crippen LogP contribution in [0.15, 0.2) is 42.6 Å². The number of rotatable bonds is 7. The lowest BCUT2D eigenvalue weighted by atomic mass is 10.1. The van der Waals surface area contributed by atoms with Crippen molar-refractivity contribution in [2.75, 3.05) is 19.7 Å². The summed E-state index contributed by atoms with van der Waals surface area (Å²) in [6.45, 7) is 5.69. The molecule has 9 heteroatoms. The Bertz CT molecular complexity index is 999. The number of carboxylic acid groups (broad SMARTS) is 1. The first-order valence-electron chi connectivity index (χ1n) is 10.2. The Balaban J connectivity index is 1.60. The number of aromatic nitrogens is 1. The average molecular weight is 462 g/mol. The number of hydrogen-bond donors (Lipinski definition) is 1. The molecule has 0 saturated carbocycles. The fourth-order valence-electron chi connectivity index (χ4n) is 3.65. The second-order valence-electron chi connectivity index (χ2n) is 7.81. The van der Waals surface area contributed by atoms with Crippen molar-refractivity contribution < 1.29 is 23.8 Å². The molecular formula is C23H25ClFN3O4. The van der Waals surface area contributed by atoms with Crippen molar-refractivity contribution in [3.05, 3.63) is 64.6 Å². The Morgan fingerprint density at radius 2 is 1.97 bits per heavy atom. The van der Waals surface area contributed by atoms with Crippen LogP contribution in [0.25, 0.3) is 6.08 Å². The third kappa shape index (κ3) is 6.27. The van der Waals surface area contributed by atoms with Crippen molar-refractivity contribution in [3.63, 3.8) is 0 Å². The molecule has 1 saturated heterocycles. The van der Waals surface area contributed by atoms with Crippen LogP contribution in [0.2, 0.25) is 5.02 Å². The standard InChI is InChI=1S/C23H25ClFN3O4/c1-15-12-28(16(2)11-27(15)13-17-3-6-20(25)7-4-17)21(29)14-32-23-18(5-8-22(30)31)9-19(24)10-26-23/h3-10,15-16H,11-14H2,1-2H3,(H,30,31)/t15-,16+/m0/s1. The van der Waals surface area contributed by atoms with Crippen molar-refractivity contribution in [1.29, 1.82) is 0 Å². The van der Waals surface area contributed by atoms with Crippen LogP contribution in [0, 0.1) is 5.82 Å². The van der Waals surface area contributed by atoms with Gasteiger partial charge in [0.25, 0.3) is 5.91 Å². The topological polar surface area (TPSA) is 83.0 Å². The van der Waals surface area contributed by atoms with Gasteiger partial charge < -0.3 is 14.7 Å². The van der Waals surface area contributed by atoms with Crippen LogP contribution in [0.4, 0.5) is 4.39 Å². The monoisotopic (exact) mass is 461 g/mol. The average Bonchev–Trinajstić information content (AvgIpc) is 2.75. The Labute approximate surface area is 191 Å². The maximum absolute atomic E-state index is 13.2. The Hall–Kier alpha value is -2.97. The van der Waals surface area contributed by atoms with Gasteiger partial charge in [-0.2, -0.15) is 0 Å². The lowest BCUT2D eigenvalue weighted by Gasteiger charge is -2.44. The largest absolute Gasteiger partial charge is 0.478 e. The SMILES string of the molecule is C[C@@H]1CN(Cc2ccc(F)cc2)[C@@H](C)CN1C(=O)COc1ncc(Cl)cc1C=CC(=O)O. The van der Waals surface area contributed by atoms with Gasteiger partial charge in [-0.05, 0) is 43.7 Å². The minimum Gasteiger partial charge on any atom is -0.478 e. The lowest BCUT2D eigenvalue weighted by molar-refractivity contribution is -0.139. The first kappa shape index (κ1) is 23.7. The number of carbonyl (C=O) groups excluding carboxylic acids is 1. The van der Waals surface area contributed by atoms with Gasteiger partial charge in [-0.15, -0.1) is 0 Å². The molecular weight excluding hydrogens is 437 g/mol. The van der Waals surface area contributed by atoms with Gasteiger partial charge >= 0.3 is 5.97 Å². The van der Waals surface area contributed by atoms with E-state index in [0.29, 0.717) is 30.2 Å². The highest BCUT2D eigenvalue weighted by atomic mass is 35.5. The summed E-state index contributed by atoms with van der Waals surface area (Å²) >= 11 is 5.93. The molecule has 1 amide bonds. The third-order valence-electron chi connectivity index (χ3n) is 5.32. The molecule has 1 aromatic heterocycles. The van der Waals surface area contributed by atoms with Gasteiger partial charge in [-0.3, -0.25) is 9.69 Å². The van der Waals surface area contributed by atoms with Crippen molar-refractivity contribution in [2.24, 2.45) is 0 Å². The highest BCUT2D eigenvalue weighted by molar-refractivity contribution is 6.30. The van der Waals surface area contributed by atoms with Gasteiger partial charge in [0, 0.05) is 49.6 Å². The number of aliphatic carboxylic acids is 1. The zero-order valence-electron chi connectivity index (χ0n) is 17.9. The van der Waals surface area contributed by atoms with E-state index in [4.69, 9.17) is 21.4 Å². The number of halogens is 2. The fraction of sp³-hybridized carbons (Fsp3) is 0.348. The summed E-state index contributed by atoms with van der Waals surface area (Å²) in [6, 6.07) is 8.04. The number of ether oxygens (including phenoxy) is 1. The van der Waals surface area contributed by atoms with Gasteiger partial charge in [0.15, 0.2) is 6.61 Å². The van der Waals surface area contributed by atoms with Gasteiger partial charge in [0.05, 0.1) is 5.02 Å². The van der Waals surface area contributed by atoms with Crippen molar-refractivity contribution in [2.45, 2.75) is 32.5 Å². The molecule has 0 radical (unpaired) electrons. The molecule has 1 aliphatic heterocycles. The third-order valence-corrected chi connectivity index (χ3v) is 5.52. The Morgan fingerprint density at radius 1 is 1.25 bits per heavy atom. The summed E-state index contributed by atoms with van der Waals surface area (Å²) in [5.74, 6) is -1.43. The quantitative estimate of drug-likeness (QED) is 0.636. The molecule has 7 nitrogen and oxygen atoms in total. The van der Waals surface area contributed by atoms with E-state index >= 15 is 0 Å². The van der Waals surface area contributed by atoms with Crippen LogP contribution in [0.1, 0.15) is 25.0 Å². The number of piperazine rings is 1. The van der Waals surface area contributed by atoms with Gasteiger partial charge in [0.2, 0.25) is 5.88 Å². The zero-order valence-corrected chi connectivity index (χ0v) is 18.6. The second-order valence-corrected chi connectivity index (χ2v) is 8.24. The number of pyridine rings is 1. The molecule has 0 spiro atoms. The number of nitrogens with zero attached hydrogens (tertiary/aromatic N) is 3. The predicted octanol–water partition coefficient (Wildman–Crippen LogP) is 3.47. The number of benzene rings is 1. The van der Waals surface area contributed by atoms with E-state index in [9.17, 15) is 14.0 Å². The van der Waals surface area contributed by atoms with Crippen LogP contribution in [-0.4, -0.2) is 63.5 Å². The van der Waals surface area contributed by atoms with E-state index < -0.39 is 5.97 Å². The van der Waals surface area contributed by atoms with Crippen LogP contribution < -0.4 is 4.74 Å². The predicted molar refractivity (Wildman–Crippen MR) is 119 cm³/mol. The van der Waals surface area contributed by atoms with Crippen LogP contribution in [0.5, 0.6) is 5.88 Å². The van der Waals surface area contributed by atoms with E-state index in [1.807, 2.05) is 13.8 Å². The summed E-state index contributed by atoms with van der Waals surface area (Å²) < 4.78 is 18.8. The first-order chi connectivity index (χ1) is 15.2. The molecule has 0 unspecified atom stereocenters. The minimum absolute atomic E-state index is 0.0349. The molecule has 2 aromatic rings. The van der Waals surface area contributed by atoms with Crippen molar-refractivity contribution in [3.8, 4) is 5.88 Å². The highest BCUT2D eigenvalue weighted by Crippen LogP contribution is 2.22. The Morgan fingerprint density at radius 3 is 2.66 bits per heavy atom. The molecule has 170 valence electrons. The van der Waals surface area contributed by atoms with Crippen molar-refractivity contribution >= 4 is 29.6 Å². The summed E-state index contributed by atoms with van der Waals surface area (Å²) in [4.78, 5) is 31.8. The molecule has 1 aliphatic rings. The summed E-state index contributed by atoms with van der Waals surface area (Å²) in [7, 11) is 0. The van der Waals surface area contributed by atoms with Gasteiger partial charge in [-0.1, -0.05) is 23.7 Å². The zero-order chi connectivity index (χ0) is 23.3. The number of carboxylic acids is 1. The normalized spacial score (nSPS) is 19.3. The maximum Gasteiger partial charge on any atom is 0.328 e.